The number of hydrogen-bond donors (Lipinski definition) is 2. The molecule has 0 saturated carbocycles. The predicted molar refractivity (Wildman–Crippen MR) is 80.2 cm³/mol. The van der Waals surface area contributed by atoms with Crippen LogP contribution in [0.25, 0.3) is 0 Å². The predicted octanol–water partition coefficient (Wildman–Crippen LogP) is 1.29. The number of nitrogen functional groups attached to an aromatic ring is 1. The lowest BCUT2D eigenvalue weighted by atomic mass is 10.2. The number of hydrogen-bond acceptors (Lipinski definition) is 7. The van der Waals surface area contributed by atoms with Crippen LogP contribution in [0.15, 0.2) is 17.1 Å². The summed E-state index contributed by atoms with van der Waals surface area (Å²) in [5.41, 5.74) is 4.89. The first-order valence-electron chi connectivity index (χ1n) is 6.77. The molecule has 0 amide bonds. The van der Waals surface area contributed by atoms with Gasteiger partial charge in [0, 0.05) is 13.3 Å². The van der Waals surface area contributed by atoms with Crippen LogP contribution in [0.1, 0.15) is 33.4 Å². The van der Waals surface area contributed by atoms with Crippen LogP contribution >= 0.6 is 7.82 Å². The topological polar surface area (TPSA) is 126 Å². The molecule has 126 valence electrons. The van der Waals surface area contributed by atoms with Gasteiger partial charge in [0.15, 0.2) is 0 Å². The van der Waals surface area contributed by atoms with E-state index in [2.05, 4.69) is 9.51 Å². The summed E-state index contributed by atoms with van der Waals surface area (Å²) in [6, 6.07) is 1.48. The van der Waals surface area contributed by atoms with E-state index in [1.807, 2.05) is 6.92 Å². The second kappa shape index (κ2) is 7.85. The van der Waals surface area contributed by atoms with Gasteiger partial charge >= 0.3 is 13.5 Å². The molecule has 0 aliphatic heterocycles. The standard InChI is InChI=1S/C12H22N3O6P/c1-5-10(8(2)21-22(17,18)19-4)20-9(3)15-7-6-11(13)14-12(15)16/h6-10H,5H2,1-4H3,(H,17,18)(H2,13,14,16)/t8?,9?,10-/m0/s1. The molecule has 9 nitrogen and oxygen atoms in total. The van der Waals surface area contributed by atoms with Crippen LogP contribution in [0.2, 0.25) is 0 Å². The largest absolute Gasteiger partial charge is 0.472 e. The lowest BCUT2D eigenvalue weighted by molar-refractivity contribution is -0.0937. The molecule has 22 heavy (non-hydrogen) atoms. The summed E-state index contributed by atoms with van der Waals surface area (Å²) in [6.07, 6.45) is 0.111. The van der Waals surface area contributed by atoms with Gasteiger partial charge < -0.3 is 15.4 Å². The highest BCUT2D eigenvalue weighted by molar-refractivity contribution is 7.47. The number of nitrogens with zero attached hydrogens (tertiary/aromatic N) is 2. The first-order valence-corrected chi connectivity index (χ1v) is 8.26. The van der Waals surface area contributed by atoms with Crippen molar-refractivity contribution in [1.29, 1.82) is 0 Å². The minimum absolute atomic E-state index is 0.124. The van der Waals surface area contributed by atoms with Crippen LogP contribution < -0.4 is 11.4 Å². The van der Waals surface area contributed by atoms with Gasteiger partial charge in [-0.15, -0.1) is 0 Å². The van der Waals surface area contributed by atoms with E-state index < -0.39 is 31.9 Å². The number of nitrogens with two attached hydrogens (primary N) is 1. The SMILES string of the molecule is CC[C@H](OC(C)n1ccc(N)nc1=O)C(C)OP(=O)(O)OC. The fourth-order valence-electron chi connectivity index (χ4n) is 1.88. The van der Waals surface area contributed by atoms with Crippen LogP contribution in [0.3, 0.4) is 0 Å². The Balaban J connectivity index is 2.80. The summed E-state index contributed by atoms with van der Waals surface area (Å²) < 4.78 is 27.8. The molecule has 1 heterocycles. The maximum atomic E-state index is 11.8. The zero-order chi connectivity index (χ0) is 16.9. The van der Waals surface area contributed by atoms with Crippen LogP contribution in [-0.2, 0) is 18.3 Å². The fourth-order valence-corrected chi connectivity index (χ4v) is 2.52. The molecule has 1 rings (SSSR count). The number of aromatic nitrogens is 2. The van der Waals surface area contributed by atoms with E-state index in [0.717, 1.165) is 7.11 Å². The first-order chi connectivity index (χ1) is 10.2. The van der Waals surface area contributed by atoms with Gasteiger partial charge in [-0.2, -0.15) is 4.98 Å². The fraction of sp³-hybridized carbons (Fsp3) is 0.667. The van der Waals surface area contributed by atoms with E-state index >= 15 is 0 Å². The van der Waals surface area contributed by atoms with Crippen LogP contribution in [0.4, 0.5) is 5.82 Å². The van der Waals surface area contributed by atoms with Crippen molar-refractivity contribution in [1.82, 2.24) is 9.55 Å². The van der Waals surface area contributed by atoms with Crippen molar-refractivity contribution < 1.29 is 23.2 Å². The average Bonchev–Trinajstić information content (AvgIpc) is 2.43. The molecule has 3 unspecified atom stereocenters. The van der Waals surface area contributed by atoms with Crippen molar-refractivity contribution in [3.8, 4) is 0 Å². The minimum atomic E-state index is -4.11. The zero-order valence-electron chi connectivity index (χ0n) is 13.0. The lowest BCUT2D eigenvalue weighted by Crippen LogP contribution is -2.34. The molecule has 0 fully saturated rings. The summed E-state index contributed by atoms with van der Waals surface area (Å²) in [5.74, 6) is 0.124. The highest BCUT2D eigenvalue weighted by Gasteiger charge is 2.29. The van der Waals surface area contributed by atoms with E-state index in [9.17, 15) is 14.3 Å². The highest BCUT2D eigenvalue weighted by Crippen LogP contribution is 2.44. The molecule has 0 aliphatic carbocycles. The summed E-state index contributed by atoms with van der Waals surface area (Å²) >= 11 is 0. The van der Waals surface area contributed by atoms with E-state index in [1.54, 1.807) is 13.8 Å². The Bertz CT molecular complexity index is 592. The van der Waals surface area contributed by atoms with E-state index in [4.69, 9.17) is 15.0 Å². The second-order valence-corrected chi connectivity index (χ2v) is 6.20. The van der Waals surface area contributed by atoms with Gasteiger partial charge in [-0.1, -0.05) is 6.92 Å². The molecule has 3 N–H and O–H groups in total. The molecular formula is C12H22N3O6P. The van der Waals surface area contributed by atoms with Crippen LogP contribution in [0.5, 0.6) is 0 Å². The monoisotopic (exact) mass is 335 g/mol. The summed E-state index contributed by atoms with van der Waals surface area (Å²) in [4.78, 5) is 24.7. The number of phosphoric acid groups is 1. The summed E-state index contributed by atoms with van der Waals surface area (Å²) in [7, 11) is -3.02. The van der Waals surface area contributed by atoms with Gasteiger partial charge in [-0.3, -0.25) is 13.6 Å². The van der Waals surface area contributed by atoms with Gasteiger partial charge in [-0.25, -0.2) is 9.36 Å². The van der Waals surface area contributed by atoms with Crippen molar-refractivity contribution in [3.63, 3.8) is 0 Å². The Morgan fingerprint density at radius 1 is 1.50 bits per heavy atom. The Morgan fingerprint density at radius 2 is 2.14 bits per heavy atom. The Hall–Kier alpha value is -1.25. The van der Waals surface area contributed by atoms with Crippen LogP contribution in [0, 0.1) is 0 Å². The van der Waals surface area contributed by atoms with Gasteiger partial charge in [-0.05, 0) is 26.3 Å². The maximum Gasteiger partial charge on any atom is 0.472 e. The molecule has 0 radical (unpaired) electrons. The number of phosphoric ester groups is 1. The lowest BCUT2D eigenvalue weighted by Gasteiger charge is -2.27. The molecular weight excluding hydrogens is 313 g/mol. The van der Waals surface area contributed by atoms with E-state index in [-0.39, 0.29) is 5.82 Å². The van der Waals surface area contributed by atoms with Gasteiger partial charge in [0.25, 0.3) is 0 Å². The summed E-state index contributed by atoms with van der Waals surface area (Å²) in [5, 5.41) is 0. The molecule has 0 bridgehead atoms. The normalized spacial score (nSPS) is 18.4. The molecule has 1 aromatic heterocycles. The molecule has 0 saturated heterocycles. The van der Waals surface area contributed by atoms with Crippen molar-refractivity contribution in [3.05, 3.63) is 22.7 Å². The summed E-state index contributed by atoms with van der Waals surface area (Å²) in [6.45, 7) is 5.08. The third-order valence-corrected chi connectivity index (χ3v) is 4.13. The van der Waals surface area contributed by atoms with Crippen molar-refractivity contribution >= 4 is 13.6 Å². The maximum absolute atomic E-state index is 11.8. The first kappa shape index (κ1) is 18.8. The second-order valence-electron chi connectivity index (χ2n) is 4.69. The quantitative estimate of drug-likeness (QED) is 0.681. The van der Waals surface area contributed by atoms with Gasteiger partial charge in [0.2, 0.25) is 0 Å². The van der Waals surface area contributed by atoms with Gasteiger partial charge in [0.05, 0.1) is 12.2 Å². The Morgan fingerprint density at radius 3 is 2.64 bits per heavy atom. The molecule has 10 heteroatoms. The number of ether oxygens (including phenoxy) is 1. The Labute approximate surface area is 128 Å². The van der Waals surface area contributed by atoms with Crippen molar-refractivity contribution in [2.45, 2.75) is 45.6 Å². The third-order valence-electron chi connectivity index (χ3n) is 3.07. The number of anilines is 1. The third kappa shape index (κ3) is 5.19. The van der Waals surface area contributed by atoms with E-state index in [0.29, 0.717) is 6.42 Å². The van der Waals surface area contributed by atoms with Crippen molar-refractivity contribution in [2.24, 2.45) is 0 Å². The molecule has 0 aliphatic rings. The molecule has 0 spiro atoms. The van der Waals surface area contributed by atoms with Crippen molar-refractivity contribution in [2.75, 3.05) is 12.8 Å². The molecule has 1 aromatic rings. The molecule has 0 aromatic carbocycles. The zero-order valence-corrected chi connectivity index (χ0v) is 13.9. The van der Waals surface area contributed by atoms with Gasteiger partial charge in [0.1, 0.15) is 12.0 Å². The Kier molecular flexibility index (Phi) is 6.70. The van der Waals surface area contributed by atoms with Crippen LogP contribution in [-0.4, -0.2) is 33.8 Å². The average molecular weight is 335 g/mol. The van der Waals surface area contributed by atoms with E-state index in [1.165, 1.54) is 16.8 Å². The highest BCUT2D eigenvalue weighted by atomic mass is 31.2. The number of rotatable bonds is 8. The minimum Gasteiger partial charge on any atom is -0.383 e. The smallest absolute Gasteiger partial charge is 0.383 e. The molecule has 4 atom stereocenters.